The van der Waals surface area contributed by atoms with Crippen LogP contribution in [0.5, 0.6) is 11.5 Å². The van der Waals surface area contributed by atoms with E-state index in [1.54, 1.807) is 55.6 Å². The van der Waals surface area contributed by atoms with Crippen molar-refractivity contribution in [1.29, 1.82) is 0 Å². The summed E-state index contributed by atoms with van der Waals surface area (Å²) in [5, 5.41) is 2.81. The van der Waals surface area contributed by atoms with Gasteiger partial charge in [-0.15, -0.1) is 0 Å². The second-order valence-corrected chi connectivity index (χ2v) is 7.55. The molecule has 168 valence electrons. The summed E-state index contributed by atoms with van der Waals surface area (Å²) in [5.41, 5.74) is 1.48. The van der Waals surface area contributed by atoms with Gasteiger partial charge < -0.3 is 14.8 Å². The predicted molar refractivity (Wildman–Crippen MR) is 122 cm³/mol. The van der Waals surface area contributed by atoms with E-state index in [-0.39, 0.29) is 19.6 Å². The molecule has 1 aliphatic rings. The van der Waals surface area contributed by atoms with Gasteiger partial charge in [0.05, 0.1) is 24.8 Å². The van der Waals surface area contributed by atoms with Gasteiger partial charge in [-0.25, -0.2) is 0 Å². The molecule has 3 aromatic rings. The third-order valence-electron chi connectivity index (χ3n) is 5.44. The minimum Gasteiger partial charge on any atom is -0.497 e. The Morgan fingerprint density at radius 1 is 0.848 bits per heavy atom. The lowest BCUT2D eigenvalue weighted by molar-refractivity contribution is -0.125. The smallest absolute Gasteiger partial charge is 0.262 e. The third-order valence-corrected chi connectivity index (χ3v) is 5.44. The largest absolute Gasteiger partial charge is 0.497 e. The number of methoxy groups -OCH3 is 1. The van der Waals surface area contributed by atoms with Crippen LogP contribution in [0.4, 0.5) is 0 Å². The maximum absolute atomic E-state index is 13.1. The van der Waals surface area contributed by atoms with Crippen molar-refractivity contribution in [3.8, 4) is 11.5 Å². The molecule has 0 saturated heterocycles. The molecule has 0 fully saturated rings. The summed E-state index contributed by atoms with van der Waals surface area (Å²) in [5.74, 6) is 0.0422. The van der Waals surface area contributed by atoms with Crippen molar-refractivity contribution in [2.75, 3.05) is 20.3 Å². The van der Waals surface area contributed by atoms with Gasteiger partial charge in [0.25, 0.3) is 11.8 Å². The number of benzene rings is 3. The first-order chi connectivity index (χ1) is 16.1. The number of carbonyl (C=O) groups is 3. The quantitative estimate of drug-likeness (QED) is 0.405. The van der Waals surface area contributed by atoms with E-state index in [1.807, 2.05) is 30.3 Å². The molecule has 0 saturated carbocycles. The predicted octanol–water partition coefficient (Wildman–Crippen LogP) is 3.10. The van der Waals surface area contributed by atoms with Crippen molar-refractivity contribution in [3.63, 3.8) is 0 Å². The van der Waals surface area contributed by atoms with Crippen molar-refractivity contribution >= 4 is 17.7 Å². The van der Waals surface area contributed by atoms with Gasteiger partial charge in [0.15, 0.2) is 0 Å². The van der Waals surface area contributed by atoms with Crippen LogP contribution in [-0.2, 0) is 11.2 Å². The highest BCUT2D eigenvalue weighted by Gasteiger charge is 2.42. The molecule has 0 aromatic heterocycles. The highest BCUT2D eigenvalue weighted by Crippen LogP contribution is 2.26. The topological polar surface area (TPSA) is 84.9 Å². The lowest BCUT2D eigenvalue weighted by atomic mass is 10.0. The van der Waals surface area contributed by atoms with Gasteiger partial charge in [-0.3, -0.25) is 19.3 Å². The Morgan fingerprint density at radius 2 is 1.42 bits per heavy atom. The summed E-state index contributed by atoms with van der Waals surface area (Å²) in [4.78, 5) is 40.2. The number of fused-ring (bicyclic) bond motifs is 1. The van der Waals surface area contributed by atoms with E-state index in [1.165, 1.54) is 0 Å². The van der Waals surface area contributed by atoms with Gasteiger partial charge >= 0.3 is 0 Å². The number of ether oxygens (including phenoxy) is 2. The van der Waals surface area contributed by atoms with Crippen molar-refractivity contribution < 1.29 is 23.9 Å². The van der Waals surface area contributed by atoms with Crippen LogP contribution in [0, 0.1) is 0 Å². The van der Waals surface area contributed by atoms with Crippen molar-refractivity contribution in [2.24, 2.45) is 0 Å². The maximum atomic E-state index is 13.1. The number of carbonyl (C=O) groups excluding carboxylic acids is 3. The van der Waals surface area contributed by atoms with E-state index < -0.39 is 23.8 Å². The second kappa shape index (κ2) is 9.99. The molecule has 3 aromatic carbocycles. The van der Waals surface area contributed by atoms with Crippen molar-refractivity contribution in [2.45, 2.75) is 12.5 Å². The van der Waals surface area contributed by atoms with Crippen LogP contribution in [0.3, 0.4) is 0 Å². The van der Waals surface area contributed by atoms with Gasteiger partial charge in [0, 0.05) is 6.42 Å². The SMILES string of the molecule is COc1ccc(OCCNC(=O)[C@H](Cc2ccccc2)N2C(=O)c3ccccc3C2=O)cc1. The third kappa shape index (κ3) is 4.87. The standard InChI is InChI=1S/C26H24N2O5/c1-32-19-11-13-20(14-12-19)33-16-15-27-24(29)23(17-18-7-3-2-4-8-18)28-25(30)21-9-5-6-10-22(21)26(28)31/h2-14,23H,15-17H2,1H3,(H,27,29)/t23-/m0/s1. The highest BCUT2D eigenvalue weighted by molar-refractivity contribution is 6.22. The molecule has 1 aliphatic heterocycles. The Labute approximate surface area is 191 Å². The Hall–Kier alpha value is -4.13. The van der Waals surface area contributed by atoms with Crippen molar-refractivity contribution in [1.82, 2.24) is 10.2 Å². The molecule has 0 bridgehead atoms. The molecule has 0 spiro atoms. The lowest BCUT2D eigenvalue weighted by Crippen LogP contribution is -2.51. The van der Waals surface area contributed by atoms with E-state index >= 15 is 0 Å². The fraction of sp³-hybridized carbons (Fsp3) is 0.192. The summed E-state index contributed by atoms with van der Waals surface area (Å²) in [6.07, 6.45) is 0.220. The number of hydrogen-bond donors (Lipinski definition) is 1. The van der Waals surface area contributed by atoms with Crippen LogP contribution in [0.1, 0.15) is 26.3 Å². The molecule has 0 unspecified atom stereocenters. The van der Waals surface area contributed by atoms with Gasteiger partial charge in [-0.05, 0) is 42.0 Å². The Balaban J connectivity index is 1.45. The van der Waals surface area contributed by atoms with Gasteiger partial charge in [-0.1, -0.05) is 42.5 Å². The molecule has 1 heterocycles. The number of amides is 3. The van der Waals surface area contributed by atoms with Crippen LogP contribution in [0.15, 0.2) is 78.9 Å². The van der Waals surface area contributed by atoms with E-state index in [9.17, 15) is 14.4 Å². The van der Waals surface area contributed by atoms with Gasteiger partial charge in [0.1, 0.15) is 24.1 Å². The molecule has 0 radical (unpaired) electrons. The fourth-order valence-corrected chi connectivity index (χ4v) is 3.76. The average Bonchev–Trinajstić information content (AvgIpc) is 3.11. The normalized spacial score (nSPS) is 13.4. The first-order valence-electron chi connectivity index (χ1n) is 10.6. The van der Waals surface area contributed by atoms with Gasteiger partial charge in [-0.2, -0.15) is 0 Å². The average molecular weight is 444 g/mol. The maximum Gasteiger partial charge on any atom is 0.262 e. The zero-order valence-electron chi connectivity index (χ0n) is 18.2. The number of hydrogen-bond acceptors (Lipinski definition) is 5. The monoisotopic (exact) mass is 444 g/mol. The van der Waals surface area contributed by atoms with Crippen LogP contribution >= 0.6 is 0 Å². The van der Waals surface area contributed by atoms with E-state index in [4.69, 9.17) is 9.47 Å². The Kier molecular flexibility index (Phi) is 6.69. The Morgan fingerprint density at radius 3 is 2.03 bits per heavy atom. The highest BCUT2D eigenvalue weighted by atomic mass is 16.5. The van der Waals surface area contributed by atoms with Crippen LogP contribution in [-0.4, -0.2) is 48.9 Å². The van der Waals surface area contributed by atoms with Crippen LogP contribution in [0.2, 0.25) is 0 Å². The molecule has 0 aliphatic carbocycles. The Bertz CT molecular complexity index is 1110. The van der Waals surface area contributed by atoms with Crippen LogP contribution in [0.25, 0.3) is 0 Å². The zero-order valence-corrected chi connectivity index (χ0v) is 18.2. The van der Waals surface area contributed by atoms with E-state index in [2.05, 4.69) is 5.32 Å². The molecule has 7 heteroatoms. The summed E-state index contributed by atoms with van der Waals surface area (Å²) < 4.78 is 10.8. The summed E-state index contributed by atoms with van der Waals surface area (Å²) in [7, 11) is 1.59. The molecule has 3 amide bonds. The van der Waals surface area contributed by atoms with Crippen molar-refractivity contribution in [3.05, 3.63) is 95.6 Å². The summed E-state index contributed by atoms with van der Waals surface area (Å²) in [6.45, 7) is 0.456. The first kappa shape index (κ1) is 22.1. The minimum atomic E-state index is -0.971. The number of imide groups is 1. The first-order valence-corrected chi connectivity index (χ1v) is 10.6. The lowest BCUT2D eigenvalue weighted by Gasteiger charge is -2.25. The molecular weight excluding hydrogens is 420 g/mol. The molecule has 7 nitrogen and oxygen atoms in total. The zero-order chi connectivity index (χ0) is 23.2. The minimum absolute atomic E-state index is 0.220. The molecule has 1 atom stereocenters. The number of rotatable bonds is 9. The fourth-order valence-electron chi connectivity index (χ4n) is 3.76. The molecule has 33 heavy (non-hydrogen) atoms. The molecule has 4 rings (SSSR count). The summed E-state index contributed by atoms with van der Waals surface area (Å²) in [6, 6.07) is 22.1. The molecule has 1 N–H and O–H groups in total. The number of nitrogens with zero attached hydrogens (tertiary/aromatic N) is 1. The summed E-state index contributed by atoms with van der Waals surface area (Å²) >= 11 is 0. The second-order valence-electron chi connectivity index (χ2n) is 7.55. The molecular formula is C26H24N2O5. The van der Waals surface area contributed by atoms with Gasteiger partial charge in [0.2, 0.25) is 5.91 Å². The van der Waals surface area contributed by atoms with Crippen LogP contribution < -0.4 is 14.8 Å². The van der Waals surface area contributed by atoms with E-state index in [0.717, 1.165) is 16.2 Å². The number of nitrogens with one attached hydrogen (secondary N) is 1. The van der Waals surface area contributed by atoms with E-state index in [0.29, 0.717) is 16.9 Å².